The minimum Gasteiger partial charge on any atom is -0.388 e. The van der Waals surface area contributed by atoms with Crippen LogP contribution < -0.4 is 0 Å². The van der Waals surface area contributed by atoms with Crippen molar-refractivity contribution in [3.8, 4) is 0 Å². The molecule has 1 saturated heterocycles. The number of hydrogen-bond acceptors (Lipinski definition) is 3. The smallest absolute Gasteiger partial charge is 0.388 e. The number of rotatable bonds is 3. The van der Waals surface area contributed by atoms with Crippen LogP contribution in [0.15, 0.2) is 29.4 Å². The van der Waals surface area contributed by atoms with E-state index in [0.29, 0.717) is 12.5 Å². The summed E-state index contributed by atoms with van der Waals surface area (Å²) in [5.74, 6) is 0.445. The van der Waals surface area contributed by atoms with E-state index in [0.717, 1.165) is 54.7 Å². The molecule has 2 aliphatic heterocycles. The monoisotopic (exact) mass is 404 g/mol. The molecular formula is C17H20BrF3N2O. The van der Waals surface area contributed by atoms with Gasteiger partial charge in [-0.1, -0.05) is 17.3 Å². The van der Waals surface area contributed by atoms with E-state index < -0.39 is 11.7 Å². The van der Waals surface area contributed by atoms with Crippen molar-refractivity contribution in [1.82, 2.24) is 4.90 Å². The van der Waals surface area contributed by atoms with Crippen molar-refractivity contribution < 1.29 is 18.0 Å². The second kappa shape index (κ2) is 6.67. The third-order valence-corrected chi connectivity index (χ3v) is 5.41. The van der Waals surface area contributed by atoms with Gasteiger partial charge >= 0.3 is 6.18 Å². The molecule has 1 fully saturated rings. The van der Waals surface area contributed by atoms with E-state index in [1.54, 1.807) is 12.1 Å². The fourth-order valence-corrected chi connectivity index (χ4v) is 4.12. The average molecular weight is 405 g/mol. The molecule has 2 aliphatic rings. The van der Waals surface area contributed by atoms with Crippen molar-refractivity contribution in [2.24, 2.45) is 11.1 Å². The number of halogens is 4. The fraction of sp³-hybridized carbons (Fsp3) is 0.588. The Kier molecular flexibility index (Phi) is 4.93. The highest BCUT2D eigenvalue weighted by atomic mass is 79.9. The van der Waals surface area contributed by atoms with Gasteiger partial charge in [-0.3, -0.25) is 4.90 Å². The number of alkyl halides is 3. The van der Waals surface area contributed by atoms with Gasteiger partial charge in [0.25, 0.3) is 0 Å². The largest absolute Gasteiger partial charge is 0.416 e. The molecule has 1 aromatic carbocycles. The highest BCUT2D eigenvalue weighted by Crippen LogP contribution is 2.38. The zero-order chi connectivity index (χ0) is 17.4. The van der Waals surface area contributed by atoms with Gasteiger partial charge in [-0.25, -0.2) is 0 Å². The molecule has 0 saturated carbocycles. The van der Waals surface area contributed by atoms with Gasteiger partial charge in [0.15, 0.2) is 0 Å². The Morgan fingerprint density at radius 3 is 2.38 bits per heavy atom. The molecule has 0 amide bonds. The summed E-state index contributed by atoms with van der Waals surface area (Å²) in [6.45, 7) is 4.62. The second-order valence-electron chi connectivity index (χ2n) is 6.79. The van der Waals surface area contributed by atoms with Gasteiger partial charge in [0.2, 0.25) is 0 Å². The third-order valence-electron chi connectivity index (χ3n) is 4.99. The molecule has 24 heavy (non-hydrogen) atoms. The van der Waals surface area contributed by atoms with E-state index in [4.69, 9.17) is 4.84 Å². The van der Waals surface area contributed by atoms with Gasteiger partial charge in [-0.15, -0.1) is 0 Å². The lowest BCUT2D eigenvalue weighted by Crippen LogP contribution is -2.43. The zero-order valence-corrected chi connectivity index (χ0v) is 15.0. The molecule has 3 rings (SSSR count). The normalized spacial score (nSPS) is 26.3. The van der Waals surface area contributed by atoms with Crippen LogP contribution in [0.3, 0.4) is 0 Å². The quantitative estimate of drug-likeness (QED) is 0.722. The molecule has 7 heteroatoms. The molecule has 132 valence electrons. The van der Waals surface area contributed by atoms with Crippen molar-refractivity contribution in [3.63, 3.8) is 0 Å². The first-order valence-electron chi connectivity index (χ1n) is 8.05. The summed E-state index contributed by atoms with van der Waals surface area (Å²) in [6, 6.07) is 5.46. The first-order valence-corrected chi connectivity index (χ1v) is 8.85. The van der Waals surface area contributed by atoms with Gasteiger partial charge < -0.3 is 4.84 Å². The van der Waals surface area contributed by atoms with Crippen LogP contribution >= 0.6 is 15.9 Å². The molecule has 0 bridgehead atoms. The summed E-state index contributed by atoms with van der Waals surface area (Å²) in [4.78, 5) is 7.89. The summed E-state index contributed by atoms with van der Waals surface area (Å²) >= 11 is 3.39. The van der Waals surface area contributed by atoms with Gasteiger partial charge in [0, 0.05) is 18.9 Å². The number of nitrogens with zero attached hydrogens (tertiary/aromatic N) is 2. The molecule has 0 radical (unpaired) electrons. The van der Waals surface area contributed by atoms with Crippen LogP contribution in [0.5, 0.6) is 0 Å². The van der Waals surface area contributed by atoms with E-state index in [-0.39, 0.29) is 5.60 Å². The molecular weight excluding hydrogens is 385 g/mol. The Morgan fingerprint density at radius 1 is 1.25 bits per heavy atom. The van der Waals surface area contributed by atoms with E-state index in [9.17, 15) is 13.2 Å². The number of hydrogen-bond donors (Lipinski definition) is 0. The van der Waals surface area contributed by atoms with Crippen molar-refractivity contribution in [1.29, 1.82) is 0 Å². The summed E-state index contributed by atoms with van der Waals surface area (Å²) in [5, 5.41) is 4.01. The summed E-state index contributed by atoms with van der Waals surface area (Å²) in [5.41, 5.74) is 0.0805. The molecule has 0 spiro atoms. The summed E-state index contributed by atoms with van der Waals surface area (Å²) in [7, 11) is 0. The van der Waals surface area contributed by atoms with Crippen molar-refractivity contribution in [2.45, 2.75) is 44.5 Å². The van der Waals surface area contributed by atoms with Crippen molar-refractivity contribution in [2.75, 3.05) is 13.1 Å². The maximum absolute atomic E-state index is 12.6. The van der Waals surface area contributed by atoms with Gasteiger partial charge in [-0.05, 0) is 66.5 Å². The summed E-state index contributed by atoms with van der Waals surface area (Å²) in [6.07, 6.45) is -1.46. The maximum atomic E-state index is 12.6. The van der Waals surface area contributed by atoms with E-state index in [1.807, 2.05) is 0 Å². The lowest BCUT2D eigenvalue weighted by Gasteiger charge is -2.38. The molecule has 0 aromatic heterocycles. The Hall–Kier alpha value is -1.08. The van der Waals surface area contributed by atoms with Crippen LogP contribution in [0.2, 0.25) is 0 Å². The SMILES string of the molecule is C[C@@]1(C2CCN(Cc3ccc(C(F)(F)F)cc3)CC2)CC(Br)=NO1. The van der Waals surface area contributed by atoms with E-state index >= 15 is 0 Å². The predicted octanol–water partition coefficient (Wildman–Crippen LogP) is 4.80. The van der Waals surface area contributed by atoms with E-state index in [2.05, 4.69) is 32.9 Å². The van der Waals surface area contributed by atoms with Crippen molar-refractivity contribution >= 4 is 20.6 Å². The average Bonchev–Trinajstić information content (AvgIpc) is 2.88. The number of oxime groups is 1. The Balaban J connectivity index is 1.52. The van der Waals surface area contributed by atoms with Crippen LogP contribution in [0, 0.1) is 5.92 Å². The van der Waals surface area contributed by atoms with Crippen LogP contribution in [-0.2, 0) is 17.6 Å². The predicted molar refractivity (Wildman–Crippen MR) is 89.9 cm³/mol. The number of benzene rings is 1. The third kappa shape index (κ3) is 3.94. The van der Waals surface area contributed by atoms with Crippen LogP contribution in [-0.4, -0.2) is 28.2 Å². The number of piperidine rings is 1. The van der Waals surface area contributed by atoms with Crippen molar-refractivity contribution in [3.05, 3.63) is 35.4 Å². The first-order chi connectivity index (χ1) is 11.3. The highest BCUT2D eigenvalue weighted by Gasteiger charge is 2.42. The second-order valence-corrected chi connectivity index (χ2v) is 7.71. The minimum absolute atomic E-state index is 0.237. The zero-order valence-electron chi connectivity index (χ0n) is 13.4. The maximum Gasteiger partial charge on any atom is 0.416 e. The van der Waals surface area contributed by atoms with Crippen LogP contribution in [0.1, 0.15) is 37.3 Å². The summed E-state index contributed by atoms with van der Waals surface area (Å²) < 4.78 is 38.7. The standard InChI is InChI=1S/C17H20BrF3N2O/c1-16(10-15(18)22-24-16)13-6-8-23(9-7-13)11-12-2-4-14(5-3-12)17(19,20)21/h2-5,13H,6-11H2,1H3/t16-/m0/s1. The molecule has 3 nitrogen and oxygen atoms in total. The Bertz CT molecular complexity index is 609. The topological polar surface area (TPSA) is 24.8 Å². The molecule has 0 N–H and O–H groups in total. The molecule has 2 heterocycles. The lowest BCUT2D eigenvalue weighted by atomic mass is 9.80. The van der Waals surface area contributed by atoms with E-state index in [1.165, 1.54) is 0 Å². The molecule has 1 aromatic rings. The highest BCUT2D eigenvalue weighted by molar-refractivity contribution is 9.18. The number of likely N-dealkylation sites (tertiary alicyclic amines) is 1. The molecule has 0 aliphatic carbocycles. The van der Waals surface area contributed by atoms with Gasteiger partial charge in [0.1, 0.15) is 10.2 Å². The molecule has 1 atom stereocenters. The Morgan fingerprint density at radius 2 is 1.88 bits per heavy atom. The molecule has 0 unspecified atom stereocenters. The first kappa shape index (κ1) is 17.7. The van der Waals surface area contributed by atoms with Crippen LogP contribution in [0.4, 0.5) is 13.2 Å². The van der Waals surface area contributed by atoms with Gasteiger partial charge in [0.05, 0.1) is 5.56 Å². The van der Waals surface area contributed by atoms with Gasteiger partial charge in [-0.2, -0.15) is 13.2 Å². The fourth-order valence-electron chi connectivity index (χ4n) is 3.49. The Labute approximate surface area is 148 Å². The lowest BCUT2D eigenvalue weighted by molar-refractivity contribution is -0.137. The van der Waals surface area contributed by atoms with Crippen LogP contribution in [0.25, 0.3) is 0 Å². The minimum atomic E-state index is -4.27.